The molecule has 130 valence electrons. The fourth-order valence-corrected chi connectivity index (χ4v) is 3.33. The molecule has 0 amide bonds. The van der Waals surface area contributed by atoms with Crippen LogP contribution in [0.1, 0.15) is 13.3 Å². The van der Waals surface area contributed by atoms with E-state index < -0.39 is 5.97 Å². The third kappa shape index (κ3) is 3.69. The van der Waals surface area contributed by atoms with Gasteiger partial charge in [-0.15, -0.1) is 0 Å². The van der Waals surface area contributed by atoms with Crippen molar-refractivity contribution in [3.8, 4) is 11.4 Å². The summed E-state index contributed by atoms with van der Waals surface area (Å²) in [6.45, 7) is 2.46. The summed E-state index contributed by atoms with van der Waals surface area (Å²) in [4.78, 5) is 31.0. The molecule has 1 aromatic carbocycles. The molecule has 0 aliphatic carbocycles. The number of aromatic nitrogens is 3. The summed E-state index contributed by atoms with van der Waals surface area (Å²) in [7, 11) is 0. The molecule has 0 radical (unpaired) electrons. The predicted molar refractivity (Wildman–Crippen MR) is 95.8 cm³/mol. The Morgan fingerprint density at radius 1 is 1.32 bits per heavy atom. The Bertz CT molecular complexity index is 947. The van der Waals surface area contributed by atoms with Crippen LogP contribution in [0.2, 0.25) is 0 Å². The van der Waals surface area contributed by atoms with Crippen molar-refractivity contribution >= 4 is 28.8 Å². The van der Waals surface area contributed by atoms with Crippen molar-refractivity contribution in [1.82, 2.24) is 14.5 Å². The molecule has 0 bridgehead atoms. The van der Waals surface area contributed by atoms with Crippen molar-refractivity contribution in [3.05, 3.63) is 46.9 Å². The second-order valence-corrected chi connectivity index (χ2v) is 6.25. The predicted octanol–water partition coefficient (Wildman–Crippen LogP) is 2.68. The van der Waals surface area contributed by atoms with Gasteiger partial charge in [-0.1, -0.05) is 11.8 Å². The van der Waals surface area contributed by atoms with Crippen LogP contribution in [0.4, 0.5) is 0 Å². The topological polar surface area (TPSA) is 97.2 Å². The minimum atomic E-state index is -0.884. The number of ether oxygens (including phenoxy) is 1. The zero-order chi connectivity index (χ0) is 17.8. The molecule has 0 unspecified atom stereocenters. The summed E-state index contributed by atoms with van der Waals surface area (Å²) in [6, 6.07) is 8.86. The number of nitrogens with zero attached hydrogens (tertiary/aromatic N) is 2. The third-order valence-electron chi connectivity index (χ3n) is 3.50. The van der Waals surface area contributed by atoms with E-state index in [1.165, 1.54) is 16.3 Å². The summed E-state index contributed by atoms with van der Waals surface area (Å²) in [5, 5.41) is 9.29. The summed E-state index contributed by atoms with van der Waals surface area (Å²) in [5.41, 5.74) is 1.40. The van der Waals surface area contributed by atoms with E-state index in [0.717, 1.165) is 0 Å². The molecule has 0 saturated carbocycles. The average molecular weight is 359 g/mol. The van der Waals surface area contributed by atoms with Gasteiger partial charge in [0.25, 0.3) is 5.56 Å². The van der Waals surface area contributed by atoms with Crippen LogP contribution in [0.25, 0.3) is 16.7 Å². The first-order chi connectivity index (χ1) is 12.1. The summed E-state index contributed by atoms with van der Waals surface area (Å²) < 4.78 is 6.91. The first-order valence-corrected chi connectivity index (χ1v) is 8.76. The number of nitrogens with one attached hydrogen (secondary N) is 1. The lowest BCUT2D eigenvalue weighted by Gasteiger charge is -2.12. The van der Waals surface area contributed by atoms with Gasteiger partial charge in [-0.3, -0.25) is 14.2 Å². The van der Waals surface area contributed by atoms with Crippen LogP contribution >= 0.6 is 11.8 Å². The van der Waals surface area contributed by atoms with Crippen LogP contribution in [-0.2, 0) is 4.79 Å². The summed E-state index contributed by atoms with van der Waals surface area (Å²) in [6.07, 6.45) is 1.66. The monoisotopic (exact) mass is 359 g/mol. The quantitative estimate of drug-likeness (QED) is 0.497. The van der Waals surface area contributed by atoms with Gasteiger partial charge in [-0.25, -0.2) is 4.98 Å². The molecular weight excluding hydrogens is 342 g/mol. The van der Waals surface area contributed by atoms with E-state index in [9.17, 15) is 9.59 Å². The van der Waals surface area contributed by atoms with Crippen molar-refractivity contribution in [1.29, 1.82) is 0 Å². The van der Waals surface area contributed by atoms with Crippen LogP contribution in [-0.4, -0.2) is 38.0 Å². The SMILES string of the molecule is CCOc1ccc(-n2c(SCCC(=O)O)nc3cc[nH]c3c2=O)cc1. The molecule has 0 aliphatic heterocycles. The minimum absolute atomic E-state index is 0.00497. The van der Waals surface area contributed by atoms with Crippen LogP contribution in [0.5, 0.6) is 5.75 Å². The van der Waals surface area contributed by atoms with Crippen molar-refractivity contribution in [3.63, 3.8) is 0 Å². The lowest BCUT2D eigenvalue weighted by molar-refractivity contribution is -0.136. The van der Waals surface area contributed by atoms with E-state index in [1.54, 1.807) is 36.5 Å². The Morgan fingerprint density at radius 2 is 2.08 bits per heavy atom. The largest absolute Gasteiger partial charge is 0.494 e. The van der Waals surface area contributed by atoms with Crippen molar-refractivity contribution in [2.45, 2.75) is 18.5 Å². The Kier molecular flexibility index (Phi) is 5.08. The van der Waals surface area contributed by atoms with E-state index >= 15 is 0 Å². The zero-order valence-corrected chi connectivity index (χ0v) is 14.4. The van der Waals surface area contributed by atoms with Gasteiger partial charge in [0.05, 0.1) is 24.2 Å². The number of aliphatic carboxylic acids is 1. The van der Waals surface area contributed by atoms with Gasteiger partial charge < -0.3 is 14.8 Å². The van der Waals surface area contributed by atoms with Crippen molar-refractivity contribution in [2.75, 3.05) is 12.4 Å². The molecule has 0 saturated heterocycles. The number of carbonyl (C=O) groups is 1. The molecule has 0 atom stereocenters. The van der Waals surface area contributed by atoms with Gasteiger partial charge in [0, 0.05) is 11.9 Å². The maximum Gasteiger partial charge on any atom is 0.304 e. The van der Waals surface area contributed by atoms with E-state index in [2.05, 4.69) is 9.97 Å². The number of hydrogen-bond acceptors (Lipinski definition) is 5. The molecule has 2 aromatic heterocycles. The molecule has 25 heavy (non-hydrogen) atoms. The highest BCUT2D eigenvalue weighted by atomic mass is 32.2. The summed E-state index contributed by atoms with van der Waals surface area (Å²) in [5.74, 6) is 0.160. The zero-order valence-electron chi connectivity index (χ0n) is 13.6. The van der Waals surface area contributed by atoms with E-state index in [1.807, 2.05) is 6.92 Å². The van der Waals surface area contributed by atoms with Gasteiger partial charge in [-0.05, 0) is 37.3 Å². The molecule has 3 rings (SSSR count). The van der Waals surface area contributed by atoms with Gasteiger partial charge in [0.2, 0.25) is 0 Å². The Balaban J connectivity index is 2.05. The van der Waals surface area contributed by atoms with Gasteiger partial charge in [-0.2, -0.15) is 0 Å². The van der Waals surface area contributed by atoms with Crippen LogP contribution in [0.15, 0.2) is 46.5 Å². The number of carboxylic acid groups (broad SMARTS) is 1. The maximum atomic E-state index is 12.8. The Labute approximate surface area is 147 Å². The number of aromatic amines is 1. The molecule has 7 nitrogen and oxygen atoms in total. The first kappa shape index (κ1) is 17.1. The van der Waals surface area contributed by atoms with Gasteiger partial charge in [0.1, 0.15) is 11.3 Å². The number of carboxylic acids is 1. The third-order valence-corrected chi connectivity index (χ3v) is 4.44. The second kappa shape index (κ2) is 7.43. The number of benzene rings is 1. The molecule has 3 aromatic rings. The smallest absolute Gasteiger partial charge is 0.304 e. The normalized spacial score (nSPS) is 10.9. The fraction of sp³-hybridized carbons (Fsp3) is 0.235. The van der Waals surface area contributed by atoms with Crippen LogP contribution in [0.3, 0.4) is 0 Å². The first-order valence-electron chi connectivity index (χ1n) is 7.78. The summed E-state index contributed by atoms with van der Waals surface area (Å²) >= 11 is 1.24. The van der Waals surface area contributed by atoms with E-state index in [0.29, 0.717) is 40.0 Å². The minimum Gasteiger partial charge on any atom is -0.494 e. The molecule has 0 fully saturated rings. The molecular formula is C17H17N3O4S. The number of rotatable bonds is 7. The highest BCUT2D eigenvalue weighted by molar-refractivity contribution is 7.99. The molecule has 8 heteroatoms. The van der Waals surface area contributed by atoms with E-state index in [-0.39, 0.29) is 12.0 Å². The molecule has 0 spiro atoms. The number of fused-ring (bicyclic) bond motifs is 1. The molecule has 2 heterocycles. The highest BCUT2D eigenvalue weighted by Crippen LogP contribution is 2.23. The number of H-pyrrole nitrogens is 1. The Hall–Kier alpha value is -2.74. The average Bonchev–Trinajstić information content (AvgIpc) is 3.05. The lowest BCUT2D eigenvalue weighted by Crippen LogP contribution is -2.22. The van der Waals surface area contributed by atoms with Gasteiger partial charge >= 0.3 is 5.97 Å². The molecule has 0 aliphatic rings. The second-order valence-electron chi connectivity index (χ2n) is 5.19. The Morgan fingerprint density at radius 3 is 2.76 bits per heavy atom. The standard InChI is InChI=1S/C17H17N3O4S/c1-2-24-12-5-3-11(4-6-12)20-16(23)15-13(7-9-18-15)19-17(20)25-10-8-14(21)22/h3-7,9,18H,2,8,10H2,1H3,(H,21,22). The highest BCUT2D eigenvalue weighted by Gasteiger charge is 2.14. The number of thioether (sulfide) groups is 1. The lowest BCUT2D eigenvalue weighted by atomic mass is 10.3. The van der Waals surface area contributed by atoms with Crippen LogP contribution in [0, 0.1) is 0 Å². The number of hydrogen-bond donors (Lipinski definition) is 2. The van der Waals surface area contributed by atoms with Gasteiger partial charge in [0.15, 0.2) is 5.16 Å². The molecule has 2 N–H and O–H groups in total. The van der Waals surface area contributed by atoms with Crippen LogP contribution < -0.4 is 10.3 Å². The fourth-order valence-electron chi connectivity index (χ4n) is 2.39. The maximum absolute atomic E-state index is 12.8. The van der Waals surface area contributed by atoms with Crippen molar-refractivity contribution in [2.24, 2.45) is 0 Å². The van der Waals surface area contributed by atoms with Crippen molar-refractivity contribution < 1.29 is 14.6 Å². The van der Waals surface area contributed by atoms with E-state index in [4.69, 9.17) is 9.84 Å².